The van der Waals surface area contributed by atoms with Gasteiger partial charge in [0.15, 0.2) is 12.0 Å². The Labute approximate surface area is 203 Å². The van der Waals surface area contributed by atoms with Crippen molar-refractivity contribution in [3.63, 3.8) is 0 Å². The van der Waals surface area contributed by atoms with Crippen LogP contribution in [-0.2, 0) is 9.63 Å². The van der Waals surface area contributed by atoms with Crippen LogP contribution in [0.3, 0.4) is 0 Å². The Morgan fingerprint density at radius 2 is 1.85 bits per heavy atom. The Kier molecular flexibility index (Phi) is 5.63. The van der Waals surface area contributed by atoms with Gasteiger partial charge >= 0.3 is 0 Å². The number of halogens is 1. The second-order valence-electron chi connectivity index (χ2n) is 12.3. The first-order chi connectivity index (χ1) is 16.4. The van der Waals surface area contributed by atoms with Crippen LogP contribution in [0.4, 0.5) is 4.39 Å². The minimum atomic E-state index is -1.25. The molecule has 1 saturated heterocycles. The summed E-state index contributed by atoms with van der Waals surface area (Å²) in [6.07, 6.45) is 6.62. The van der Waals surface area contributed by atoms with Crippen LogP contribution in [0.5, 0.6) is 0 Å². The molecular weight excluding hydrogens is 427 g/mol. The topological polar surface area (TPSA) is 50.7 Å². The lowest BCUT2D eigenvalue weighted by Crippen LogP contribution is -2.55. The standard InChI is InChI=1S/C29H39FN2O2/c1-28-14-11-25(32-34-19-12-15-31-17-19)26(18-6-4-3-5-7-18)22(28)9-8-20-21(28)10-13-29(2)23(20)16-24(30)27(29)33/h3-7,19-24,26,31H,8-17H2,1-2H3/b32-25+. The van der Waals surface area contributed by atoms with Crippen LogP contribution < -0.4 is 5.32 Å². The molecule has 1 aromatic carbocycles. The molecule has 4 aliphatic carbocycles. The van der Waals surface area contributed by atoms with E-state index in [2.05, 4.69) is 49.5 Å². The van der Waals surface area contributed by atoms with Gasteiger partial charge in [0.1, 0.15) is 6.10 Å². The second-order valence-corrected chi connectivity index (χ2v) is 12.3. The van der Waals surface area contributed by atoms with Crippen molar-refractivity contribution in [2.75, 3.05) is 13.1 Å². The first-order valence-corrected chi connectivity index (χ1v) is 13.6. The van der Waals surface area contributed by atoms with E-state index in [1.807, 2.05) is 0 Å². The van der Waals surface area contributed by atoms with E-state index in [0.29, 0.717) is 24.2 Å². The van der Waals surface area contributed by atoms with Crippen LogP contribution in [0.1, 0.15) is 76.7 Å². The summed E-state index contributed by atoms with van der Waals surface area (Å²) in [5.74, 6) is 1.94. The zero-order valence-electron chi connectivity index (χ0n) is 20.6. The lowest BCUT2D eigenvalue weighted by atomic mass is 9.43. The molecule has 0 amide bonds. The van der Waals surface area contributed by atoms with Crippen LogP contribution >= 0.6 is 0 Å². The highest BCUT2D eigenvalue weighted by atomic mass is 19.1. The van der Waals surface area contributed by atoms with Crippen molar-refractivity contribution in [3.8, 4) is 0 Å². The first-order valence-electron chi connectivity index (χ1n) is 13.6. The Hall–Kier alpha value is -1.75. The summed E-state index contributed by atoms with van der Waals surface area (Å²) in [6, 6.07) is 10.9. The number of nitrogens with zero attached hydrogens (tertiary/aromatic N) is 1. The number of fused-ring (bicyclic) bond motifs is 5. The molecule has 0 bridgehead atoms. The minimum absolute atomic E-state index is 0.109. The highest BCUT2D eigenvalue weighted by Gasteiger charge is 2.63. The fourth-order valence-electron chi connectivity index (χ4n) is 8.99. The molecule has 0 aromatic heterocycles. The average Bonchev–Trinajstić information content (AvgIpc) is 3.45. The predicted octanol–water partition coefficient (Wildman–Crippen LogP) is 5.67. The highest BCUT2D eigenvalue weighted by molar-refractivity contribution is 5.92. The van der Waals surface area contributed by atoms with Crippen molar-refractivity contribution in [3.05, 3.63) is 35.9 Å². The zero-order chi connectivity index (χ0) is 23.5. The van der Waals surface area contributed by atoms with E-state index in [4.69, 9.17) is 9.99 Å². The van der Waals surface area contributed by atoms with Crippen molar-refractivity contribution in [2.24, 2.45) is 39.7 Å². The van der Waals surface area contributed by atoms with Gasteiger partial charge in [-0.3, -0.25) is 4.79 Å². The fraction of sp³-hybridized carbons (Fsp3) is 0.724. The molecule has 5 aliphatic rings. The third-order valence-electron chi connectivity index (χ3n) is 10.8. The van der Waals surface area contributed by atoms with E-state index in [0.717, 1.165) is 58.0 Å². The van der Waals surface area contributed by atoms with Gasteiger partial charge in [-0.25, -0.2) is 4.39 Å². The molecule has 6 rings (SSSR count). The van der Waals surface area contributed by atoms with Gasteiger partial charge in [-0.1, -0.05) is 49.3 Å². The van der Waals surface area contributed by atoms with E-state index >= 15 is 0 Å². The molecule has 9 atom stereocenters. The molecule has 1 aromatic rings. The number of hydrogen-bond donors (Lipinski definition) is 1. The molecular formula is C29H39FN2O2. The summed E-state index contributed by atoms with van der Waals surface area (Å²) in [4.78, 5) is 18.8. The number of alkyl halides is 1. The van der Waals surface area contributed by atoms with Crippen LogP contribution in [0.25, 0.3) is 0 Å². The van der Waals surface area contributed by atoms with Crippen LogP contribution in [0.2, 0.25) is 0 Å². The van der Waals surface area contributed by atoms with E-state index in [1.54, 1.807) is 0 Å². The molecule has 4 nitrogen and oxygen atoms in total. The monoisotopic (exact) mass is 466 g/mol. The van der Waals surface area contributed by atoms with E-state index in [-0.39, 0.29) is 29.1 Å². The van der Waals surface area contributed by atoms with Crippen LogP contribution in [0, 0.1) is 34.5 Å². The average molecular weight is 467 g/mol. The summed E-state index contributed by atoms with van der Waals surface area (Å²) >= 11 is 0. The molecule has 1 aliphatic heterocycles. The van der Waals surface area contributed by atoms with Crippen molar-refractivity contribution in [1.29, 1.82) is 0 Å². The summed E-state index contributed by atoms with van der Waals surface area (Å²) < 4.78 is 14.6. The summed E-state index contributed by atoms with van der Waals surface area (Å²) in [5, 5.41) is 8.18. The van der Waals surface area contributed by atoms with Gasteiger partial charge < -0.3 is 10.2 Å². The van der Waals surface area contributed by atoms with Crippen LogP contribution in [0.15, 0.2) is 35.5 Å². The lowest BCUT2D eigenvalue weighted by Gasteiger charge is -2.61. The van der Waals surface area contributed by atoms with Crippen LogP contribution in [-0.4, -0.2) is 36.9 Å². The van der Waals surface area contributed by atoms with Crippen molar-refractivity contribution in [1.82, 2.24) is 5.32 Å². The third-order valence-corrected chi connectivity index (χ3v) is 10.8. The molecule has 9 unspecified atom stereocenters. The number of nitrogens with one attached hydrogen (secondary N) is 1. The maximum absolute atomic E-state index is 14.6. The number of rotatable bonds is 3. The maximum Gasteiger partial charge on any atom is 0.173 e. The highest BCUT2D eigenvalue weighted by Crippen LogP contribution is 2.67. The van der Waals surface area contributed by atoms with Crippen molar-refractivity contribution >= 4 is 11.5 Å². The van der Waals surface area contributed by atoms with E-state index in [9.17, 15) is 9.18 Å². The molecule has 1 heterocycles. The number of oxime groups is 1. The summed E-state index contributed by atoms with van der Waals surface area (Å²) in [5.41, 5.74) is 2.31. The third kappa shape index (κ3) is 3.40. The minimum Gasteiger partial charge on any atom is -0.391 e. The number of hydrogen-bond acceptors (Lipinski definition) is 4. The second kappa shape index (κ2) is 8.43. The first kappa shape index (κ1) is 22.7. The Morgan fingerprint density at radius 1 is 1.03 bits per heavy atom. The van der Waals surface area contributed by atoms with E-state index in [1.165, 1.54) is 11.3 Å². The van der Waals surface area contributed by atoms with Gasteiger partial charge in [0.2, 0.25) is 0 Å². The fourth-order valence-corrected chi connectivity index (χ4v) is 8.99. The number of carbonyl (C=O) groups is 1. The molecule has 4 saturated carbocycles. The maximum atomic E-state index is 14.6. The Balaban J connectivity index is 1.32. The number of carbonyl (C=O) groups excluding carboxylic acids is 1. The summed E-state index contributed by atoms with van der Waals surface area (Å²) in [6.45, 7) is 6.46. The predicted molar refractivity (Wildman–Crippen MR) is 131 cm³/mol. The largest absolute Gasteiger partial charge is 0.391 e. The molecule has 0 radical (unpaired) electrons. The number of Topliss-reactive ketones (excluding diaryl/α,β-unsaturated/α-hetero) is 1. The summed E-state index contributed by atoms with van der Waals surface area (Å²) in [7, 11) is 0. The Bertz CT molecular complexity index is 960. The van der Waals surface area contributed by atoms with Gasteiger partial charge in [0.25, 0.3) is 0 Å². The van der Waals surface area contributed by atoms with Gasteiger partial charge in [0, 0.05) is 24.3 Å². The zero-order valence-corrected chi connectivity index (χ0v) is 20.6. The Morgan fingerprint density at radius 3 is 2.62 bits per heavy atom. The lowest BCUT2D eigenvalue weighted by molar-refractivity contribution is -0.139. The number of benzene rings is 1. The van der Waals surface area contributed by atoms with Gasteiger partial charge in [-0.05, 0) is 86.1 Å². The van der Waals surface area contributed by atoms with Crippen molar-refractivity contribution in [2.45, 2.75) is 83.4 Å². The number of ketones is 1. The molecule has 184 valence electrons. The smallest absolute Gasteiger partial charge is 0.173 e. The molecule has 5 fully saturated rings. The molecule has 0 spiro atoms. The molecule has 34 heavy (non-hydrogen) atoms. The quantitative estimate of drug-likeness (QED) is 0.584. The van der Waals surface area contributed by atoms with E-state index < -0.39 is 11.6 Å². The normalized spacial score (nSPS) is 47.2. The SMILES string of the molecule is CC12CCC3C(CCC4C(c5ccccc5)/C(=N/OC5CCNC5)CCC43C)C1CC(F)C2=O. The van der Waals surface area contributed by atoms with Gasteiger partial charge in [-0.15, -0.1) is 0 Å². The van der Waals surface area contributed by atoms with Crippen molar-refractivity contribution < 1.29 is 14.0 Å². The molecule has 5 heteroatoms. The van der Waals surface area contributed by atoms with Gasteiger partial charge in [0.05, 0.1) is 5.71 Å². The van der Waals surface area contributed by atoms with Gasteiger partial charge in [-0.2, -0.15) is 0 Å². The molecule has 1 N–H and O–H groups in total.